The van der Waals surface area contributed by atoms with Crippen LogP contribution in [0.4, 0.5) is 0 Å². The number of piperidine rings is 1. The maximum atomic E-state index is 13.0. The van der Waals surface area contributed by atoms with Crippen LogP contribution in [0.1, 0.15) is 24.0 Å². The van der Waals surface area contributed by atoms with Gasteiger partial charge in [0.1, 0.15) is 5.75 Å². The van der Waals surface area contributed by atoms with Gasteiger partial charge in [-0.05, 0) is 37.6 Å². The number of carbonyl (C=O) groups is 1. The normalized spacial score (nSPS) is 19.4. The summed E-state index contributed by atoms with van der Waals surface area (Å²) in [5.41, 5.74) is 2.30. The van der Waals surface area contributed by atoms with E-state index < -0.39 is 0 Å². The van der Waals surface area contributed by atoms with Gasteiger partial charge in [-0.2, -0.15) is 0 Å². The van der Waals surface area contributed by atoms with Crippen molar-refractivity contribution in [3.8, 4) is 5.75 Å². The van der Waals surface area contributed by atoms with Crippen LogP contribution < -0.4 is 0 Å². The first-order chi connectivity index (χ1) is 14.2. The third-order valence-electron chi connectivity index (χ3n) is 6.26. The number of rotatable bonds is 5. The second-order valence-electron chi connectivity index (χ2n) is 8.27. The zero-order valence-corrected chi connectivity index (χ0v) is 17.0. The van der Waals surface area contributed by atoms with Crippen LogP contribution in [0.25, 0.3) is 0 Å². The highest BCUT2D eigenvalue weighted by molar-refractivity contribution is 5.79. The highest BCUT2D eigenvalue weighted by Gasteiger charge is 2.30. The Morgan fingerprint density at radius 1 is 0.793 bits per heavy atom. The van der Waals surface area contributed by atoms with Crippen molar-refractivity contribution >= 4 is 5.91 Å². The smallest absolute Gasteiger partial charge is 0.225 e. The molecular formula is C24H31N3O2. The summed E-state index contributed by atoms with van der Waals surface area (Å²) < 4.78 is 0. The summed E-state index contributed by atoms with van der Waals surface area (Å²) in [6.07, 6.45) is 1.83. The van der Waals surface area contributed by atoms with Crippen molar-refractivity contribution in [3.63, 3.8) is 0 Å². The number of para-hydroxylation sites is 1. The van der Waals surface area contributed by atoms with Crippen LogP contribution in [0.5, 0.6) is 5.75 Å². The Bertz CT molecular complexity index is 795. The van der Waals surface area contributed by atoms with Gasteiger partial charge in [-0.3, -0.25) is 14.6 Å². The lowest BCUT2D eigenvalue weighted by Gasteiger charge is -2.38. The van der Waals surface area contributed by atoms with Gasteiger partial charge < -0.3 is 10.0 Å². The van der Waals surface area contributed by atoms with Crippen LogP contribution in [0, 0.1) is 5.92 Å². The predicted molar refractivity (Wildman–Crippen MR) is 114 cm³/mol. The molecule has 0 saturated carbocycles. The number of hydrogen-bond donors (Lipinski definition) is 1. The fourth-order valence-electron chi connectivity index (χ4n) is 4.45. The summed E-state index contributed by atoms with van der Waals surface area (Å²) in [6.45, 7) is 7.13. The van der Waals surface area contributed by atoms with Crippen LogP contribution in [-0.2, 0) is 17.9 Å². The molecule has 2 aliphatic rings. The lowest BCUT2D eigenvalue weighted by Crippen LogP contribution is -2.51. The van der Waals surface area contributed by atoms with E-state index in [0.29, 0.717) is 11.7 Å². The number of likely N-dealkylation sites (tertiary alicyclic amines) is 1. The molecule has 0 radical (unpaired) electrons. The second kappa shape index (κ2) is 9.42. The average Bonchev–Trinajstić information content (AvgIpc) is 2.77. The number of piperazine rings is 1. The molecule has 5 heteroatoms. The Labute approximate surface area is 173 Å². The Balaban J connectivity index is 1.21. The van der Waals surface area contributed by atoms with E-state index in [1.165, 1.54) is 5.56 Å². The molecule has 29 heavy (non-hydrogen) atoms. The molecule has 1 N–H and O–H groups in total. The zero-order valence-electron chi connectivity index (χ0n) is 17.0. The maximum absolute atomic E-state index is 13.0. The van der Waals surface area contributed by atoms with Crippen LogP contribution >= 0.6 is 0 Å². The van der Waals surface area contributed by atoms with Crippen molar-refractivity contribution in [1.82, 2.24) is 14.7 Å². The lowest BCUT2D eigenvalue weighted by atomic mass is 9.94. The van der Waals surface area contributed by atoms with Crippen molar-refractivity contribution in [2.75, 3.05) is 39.3 Å². The van der Waals surface area contributed by atoms with Crippen molar-refractivity contribution in [1.29, 1.82) is 0 Å². The SMILES string of the molecule is O=C(C1CCN(Cc2ccccc2O)CC1)N1CCN(Cc2ccccc2)CC1. The Kier molecular flexibility index (Phi) is 6.47. The number of benzene rings is 2. The van der Waals surface area contributed by atoms with Gasteiger partial charge in [-0.15, -0.1) is 0 Å². The Morgan fingerprint density at radius 2 is 1.41 bits per heavy atom. The van der Waals surface area contributed by atoms with Crippen LogP contribution in [0.15, 0.2) is 54.6 Å². The zero-order chi connectivity index (χ0) is 20.1. The first kappa shape index (κ1) is 19.9. The first-order valence-electron chi connectivity index (χ1n) is 10.7. The molecule has 2 heterocycles. The van der Waals surface area contributed by atoms with Gasteiger partial charge in [-0.1, -0.05) is 48.5 Å². The molecule has 2 aromatic carbocycles. The predicted octanol–water partition coefficient (Wildman–Crippen LogP) is 2.95. The summed E-state index contributed by atoms with van der Waals surface area (Å²) in [5, 5.41) is 9.97. The average molecular weight is 394 g/mol. The molecule has 0 bridgehead atoms. The van der Waals surface area contributed by atoms with Crippen LogP contribution in [0.2, 0.25) is 0 Å². The van der Waals surface area contributed by atoms with Gasteiger partial charge in [0.15, 0.2) is 0 Å². The van der Waals surface area contributed by atoms with E-state index in [4.69, 9.17) is 0 Å². The minimum Gasteiger partial charge on any atom is -0.508 e. The van der Waals surface area contributed by atoms with E-state index in [1.54, 1.807) is 6.07 Å². The van der Waals surface area contributed by atoms with Crippen LogP contribution in [-0.4, -0.2) is 65.0 Å². The topological polar surface area (TPSA) is 47.0 Å². The molecule has 4 rings (SSSR count). The summed E-state index contributed by atoms with van der Waals surface area (Å²) >= 11 is 0. The maximum Gasteiger partial charge on any atom is 0.225 e. The number of aromatic hydroxyl groups is 1. The summed E-state index contributed by atoms with van der Waals surface area (Å²) in [6, 6.07) is 18.1. The fraction of sp³-hybridized carbons (Fsp3) is 0.458. The molecule has 5 nitrogen and oxygen atoms in total. The molecule has 0 atom stereocenters. The van der Waals surface area contributed by atoms with E-state index in [1.807, 2.05) is 24.3 Å². The molecule has 1 amide bonds. The number of amides is 1. The van der Waals surface area contributed by atoms with Crippen LogP contribution in [0.3, 0.4) is 0 Å². The van der Waals surface area contributed by atoms with Crippen molar-refractivity contribution in [3.05, 3.63) is 65.7 Å². The monoisotopic (exact) mass is 393 g/mol. The van der Waals surface area contributed by atoms with Gasteiger partial charge in [-0.25, -0.2) is 0 Å². The summed E-state index contributed by atoms with van der Waals surface area (Å²) in [4.78, 5) is 19.8. The van der Waals surface area contributed by atoms with Gasteiger partial charge >= 0.3 is 0 Å². The first-order valence-corrected chi connectivity index (χ1v) is 10.7. The van der Waals surface area contributed by atoms with Gasteiger partial charge in [0.05, 0.1) is 0 Å². The molecule has 0 aliphatic carbocycles. The number of phenolic OH excluding ortho intramolecular Hbond substituents is 1. The second-order valence-corrected chi connectivity index (χ2v) is 8.27. The largest absolute Gasteiger partial charge is 0.508 e. The third kappa shape index (κ3) is 5.17. The van der Waals surface area contributed by atoms with E-state index in [2.05, 4.69) is 39.0 Å². The fourth-order valence-corrected chi connectivity index (χ4v) is 4.45. The number of nitrogens with zero attached hydrogens (tertiary/aromatic N) is 3. The van der Waals surface area contributed by atoms with Gasteiger partial charge in [0.25, 0.3) is 0 Å². The van der Waals surface area contributed by atoms with Crippen molar-refractivity contribution < 1.29 is 9.90 Å². The van der Waals surface area contributed by atoms with Gasteiger partial charge in [0.2, 0.25) is 5.91 Å². The number of carbonyl (C=O) groups excluding carboxylic acids is 1. The highest BCUT2D eigenvalue weighted by Crippen LogP contribution is 2.24. The minimum atomic E-state index is 0.149. The summed E-state index contributed by atoms with van der Waals surface area (Å²) in [5.74, 6) is 0.849. The number of phenols is 1. The van der Waals surface area contributed by atoms with Gasteiger partial charge in [0, 0.05) is 50.7 Å². The summed E-state index contributed by atoms with van der Waals surface area (Å²) in [7, 11) is 0. The van der Waals surface area contributed by atoms with E-state index in [9.17, 15) is 9.90 Å². The molecule has 0 spiro atoms. The molecule has 0 unspecified atom stereocenters. The minimum absolute atomic E-state index is 0.149. The Hall–Kier alpha value is -2.37. The molecule has 2 fully saturated rings. The Morgan fingerprint density at radius 3 is 2.10 bits per heavy atom. The molecule has 154 valence electrons. The highest BCUT2D eigenvalue weighted by atomic mass is 16.3. The molecular weight excluding hydrogens is 362 g/mol. The van der Waals surface area contributed by atoms with E-state index in [-0.39, 0.29) is 5.92 Å². The molecule has 2 saturated heterocycles. The quantitative estimate of drug-likeness (QED) is 0.849. The van der Waals surface area contributed by atoms with Crippen molar-refractivity contribution in [2.24, 2.45) is 5.92 Å². The molecule has 2 aromatic rings. The standard InChI is InChI=1S/C24H31N3O2/c28-23-9-5-4-8-22(23)19-25-12-10-21(11-13-25)24(29)27-16-14-26(15-17-27)18-20-6-2-1-3-7-20/h1-9,21,28H,10-19H2. The number of hydrogen-bond acceptors (Lipinski definition) is 4. The lowest BCUT2D eigenvalue weighted by molar-refractivity contribution is -0.139. The third-order valence-corrected chi connectivity index (χ3v) is 6.26. The van der Waals surface area contributed by atoms with E-state index >= 15 is 0 Å². The molecule has 0 aromatic heterocycles. The molecule has 2 aliphatic heterocycles. The van der Waals surface area contributed by atoms with E-state index in [0.717, 1.165) is 70.8 Å². The van der Waals surface area contributed by atoms with Crippen molar-refractivity contribution in [2.45, 2.75) is 25.9 Å².